The first kappa shape index (κ1) is 15.2. The second kappa shape index (κ2) is 6.99. The highest BCUT2D eigenvalue weighted by Crippen LogP contribution is 2.24. The van der Waals surface area contributed by atoms with Gasteiger partial charge in [-0.2, -0.15) is 0 Å². The molecule has 1 aromatic heterocycles. The van der Waals surface area contributed by atoms with Crippen molar-refractivity contribution in [1.29, 1.82) is 0 Å². The van der Waals surface area contributed by atoms with Crippen LogP contribution in [0, 0.1) is 10.1 Å². The van der Waals surface area contributed by atoms with E-state index in [9.17, 15) is 10.1 Å². The highest BCUT2D eigenvalue weighted by atomic mass is 16.6. The molecule has 0 spiro atoms. The van der Waals surface area contributed by atoms with Crippen LogP contribution in [0.15, 0.2) is 30.5 Å². The second-order valence-corrected chi connectivity index (χ2v) is 5.01. The Balaban J connectivity index is 2.18. The van der Waals surface area contributed by atoms with Gasteiger partial charge in [0.05, 0.1) is 42.2 Å². The van der Waals surface area contributed by atoms with Crippen LogP contribution in [0.1, 0.15) is 13.8 Å². The highest BCUT2D eigenvalue weighted by molar-refractivity contribution is 5.90. The predicted octanol–water partition coefficient (Wildman–Crippen LogP) is 0.899. The number of rotatable bonds is 7. The van der Waals surface area contributed by atoms with Crippen LogP contribution in [0.4, 0.5) is 11.4 Å². The van der Waals surface area contributed by atoms with Gasteiger partial charge in [-0.1, -0.05) is 0 Å². The average molecular weight is 290 g/mol. The average Bonchev–Trinajstić information content (AvgIpc) is 2.51. The normalized spacial score (nSPS) is 11.0. The number of anilines is 1. The lowest BCUT2D eigenvalue weighted by atomic mass is 10.1. The molecule has 0 saturated carbocycles. The molecule has 0 atom stereocenters. The molecule has 0 bridgehead atoms. The van der Waals surface area contributed by atoms with E-state index in [-0.39, 0.29) is 10.6 Å². The van der Waals surface area contributed by atoms with Crippen molar-refractivity contribution >= 4 is 22.3 Å². The maximum Gasteiger partial charge on any atom is 0.270 e. The van der Waals surface area contributed by atoms with Crippen molar-refractivity contribution in [2.24, 2.45) is 0 Å². The minimum Gasteiger partial charge on any atom is -0.379 e. The minimum atomic E-state index is -0.365. The Labute approximate surface area is 123 Å². The molecule has 0 aliphatic heterocycles. The second-order valence-electron chi connectivity index (χ2n) is 5.01. The van der Waals surface area contributed by atoms with E-state index in [1.807, 2.05) is 12.3 Å². The van der Waals surface area contributed by atoms with E-state index in [0.717, 1.165) is 42.8 Å². The number of nitrogens with zero attached hydrogens (tertiary/aromatic N) is 1. The van der Waals surface area contributed by atoms with Gasteiger partial charge >= 0.3 is 0 Å². The highest BCUT2D eigenvalue weighted by Gasteiger charge is 2.13. The zero-order valence-electron chi connectivity index (χ0n) is 12.5. The number of aromatic nitrogens is 1. The van der Waals surface area contributed by atoms with Crippen LogP contribution in [-0.4, -0.2) is 31.1 Å². The molecule has 6 heteroatoms. The lowest BCUT2D eigenvalue weighted by molar-refractivity contribution is -0.894. The first-order valence-corrected chi connectivity index (χ1v) is 7.32. The van der Waals surface area contributed by atoms with Crippen molar-refractivity contribution in [3.05, 3.63) is 40.6 Å². The molecule has 1 aromatic carbocycles. The third kappa shape index (κ3) is 3.66. The fraction of sp³-hybridized carbons (Fsp3) is 0.400. The van der Waals surface area contributed by atoms with E-state index >= 15 is 0 Å². The first-order chi connectivity index (χ1) is 10.2. The molecule has 2 aromatic rings. The summed E-state index contributed by atoms with van der Waals surface area (Å²) in [7, 11) is 0. The van der Waals surface area contributed by atoms with Gasteiger partial charge in [0.25, 0.3) is 5.69 Å². The molecule has 0 aliphatic rings. The number of H-pyrrole nitrogens is 1. The molecule has 0 aliphatic carbocycles. The zero-order chi connectivity index (χ0) is 15.2. The predicted molar refractivity (Wildman–Crippen MR) is 82.6 cm³/mol. The molecular formula is C15H22N4O2+2. The molecule has 3 N–H and O–H groups in total. The summed E-state index contributed by atoms with van der Waals surface area (Å²) in [4.78, 5) is 15.2. The van der Waals surface area contributed by atoms with E-state index < -0.39 is 0 Å². The van der Waals surface area contributed by atoms with Gasteiger partial charge in [0.1, 0.15) is 0 Å². The summed E-state index contributed by atoms with van der Waals surface area (Å²) in [5.74, 6) is 0. The summed E-state index contributed by atoms with van der Waals surface area (Å²) >= 11 is 0. The van der Waals surface area contributed by atoms with E-state index in [4.69, 9.17) is 0 Å². The maximum atomic E-state index is 10.9. The lowest BCUT2D eigenvalue weighted by Crippen LogP contribution is -3.12. The van der Waals surface area contributed by atoms with Gasteiger partial charge in [0.15, 0.2) is 6.20 Å². The largest absolute Gasteiger partial charge is 0.379 e. The number of hydrogen-bond acceptors (Lipinski definition) is 3. The van der Waals surface area contributed by atoms with E-state index in [1.54, 1.807) is 12.1 Å². The van der Waals surface area contributed by atoms with Crippen LogP contribution in [0.2, 0.25) is 0 Å². The van der Waals surface area contributed by atoms with Crippen LogP contribution in [0.25, 0.3) is 10.9 Å². The SMILES string of the molecule is CC[NH+](CC)CCNc1cc[nH+]c2ccc([N+](=O)[O-])cc12. The summed E-state index contributed by atoms with van der Waals surface area (Å²) in [6, 6.07) is 6.79. The third-order valence-corrected chi connectivity index (χ3v) is 3.79. The Morgan fingerprint density at radius 3 is 2.71 bits per heavy atom. The molecule has 112 valence electrons. The topological polar surface area (TPSA) is 73.8 Å². The number of hydrogen-bond donors (Lipinski definition) is 2. The number of likely N-dealkylation sites (N-methyl/N-ethyl adjacent to an activating group) is 1. The maximum absolute atomic E-state index is 10.9. The van der Waals surface area contributed by atoms with Gasteiger partial charge in [-0.3, -0.25) is 10.1 Å². The van der Waals surface area contributed by atoms with Crippen molar-refractivity contribution in [3.63, 3.8) is 0 Å². The number of quaternary nitrogens is 1. The van der Waals surface area contributed by atoms with Gasteiger partial charge in [0, 0.05) is 24.3 Å². The molecule has 2 rings (SSSR count). The quantitative estimate of drug-likeness (QED) is 0.588. The Morgan fingerprint density at radius 2 is 2.05 bits per heavy atom. The van der Waals surface area contributed by atoms with Crippen molar-refractivity contribution in [2.45, 2.75) is 13.8 Å². The minimum absolute atomic E-state index is 0.111. The number of nitro groups is 1. The molecule has 6 nitrogen and oxygen atoms in total. The van der Waals surface area contributed by atoms with Gasteiger partial charge < -0.3 is 10.2 Å². The summed E-state index contributed by atoms with van der Waals surface area (Å²) in [5, 5.41) is 15.1. The number of non-ortho nitro benzene ring substituents is 1. The molecule has 0 saturated heterocycles. The Morgan fingerprint density at radius 1 is 1.29 bits per heavy atom. The van der Waals surface area contributed by atoms with Gasteiger partial charge in [-0.05, 0) is 13.8 Å². The van der Waals surface area contributed by atoms with Gasteiger partial charge in [-0.15, -0.1) is 0 Å². The molecular weight excluding hydrogens is 268 g/mol. The smallest absolute Gasteiger partial charge is 0.270 e. The van der Waals surface area contributed by atoms with E-state index in [0.29, 0.717) is 0 Å². The fourth-order valence-corrected chi connectivity index (χ4v) is 2.43. The van der Waals surface area contributed by atoms with Crippen LogP contribution < -0.4 is 15.2 Å². The van der Waals surface area contributed by atoms with Gasteiger partial charge in [-0.25, -0.2) is 4.98 Å². The zero-order valence-corrected chi connectivity index (χ0v) is 12.5. The molecule has 21 heavy (non-hydrogen) atoms. The number of nitro benzene ring substituents is 1. The van der Waals surface area contributed by atoms with Crippen LogP contribution in [0.5, 0.6) is 0 Å². The number of benzene rings is 1. The monoisotopic (exact) mass is 290 g/mol. The molecule has 1 heterocycles. The van der Waals surface area contributed by atoms with Crippen molar-refractivity contribution in [2.75, 3.05) is 31.5 Å². The molecule has 0 radical (unpaired) electrons. The van der Waals surface area contributed by atoms with Crippen molar-refractivity contribution in [3.8, 4) is 0 Å². The Kier molecular flexibility index (Phi) is 5.05. The van der Waals surface area contributed by atoms with Crippen molar-refractivity contribution in [1.82, 2.24) is 0 Å². The summed E-state index contributed by atoms with van der Waals surface area (Å²) in [6.45, 7) is 8.44. The van der Waals surface area contributed by atoms with Crippen LogP contribution in [-0.2, 0) is 0 Å². The van der Waals surface area contributed by atoms with Crippen LogP contribution in [0.3, 0.4) is 0 Å². The van der Waals surface area contributed by atoms with E-state index in [1.165, 1.54) is 11.0 Å². The third-order valence-electron chi connectivity index (χ3n) is 3.79. The summed E-state index contributed by atoms with van der Waals surface area (Å²) in [5.41, 5.74) is 1.93. The molecule has 0 fully saturated rings. The number of pyridine rings is 1. The number of fused-ring (bicyclic) bond motifs is 1. The molecule has 0 amide bonds. The Hall–Kier alpha value is -2.21. The lowest BCUT2D eigenvalue weighted by Gasteiger charge is -2.16. The van der Waals surface area contributed by atoms with Gasteiger partial charge in [0.2, 0.25) is 5.52 Å². The number of aromatic amines is 1. The Bertz CT molecular complexity index is 626. The van der Waals surface area contributed by atoms with Crippen LogP contribution >= 0.6 is 0 Å². The first-order valence-electron chi connectivity index (χ1n) is 7.32. The van der Waals surface area contributed by atoms with E-state index in [2.05, 4.69) is 24.1 Å². The van der Waals surface area contributed by atoms with Crippen molar-refractivity contribution < 1.29 is 14.8 Å². The molecule has 0 unspecified atom stereocenters. The fourth-order valence-electron chi connectivity index (χ4n) is 2.43. The summed E-state index contributed by atoms with van der Waals surface area (Å²) in [6.07, 6.45) is 1.85. The number of nitrogens with one attached hydrogen (secondary N) is 3. The standard InChI is InChI=1S/C15H20N4O2/c1-3-18(4-2)10-9-17-15-7-8-16-14-6-5-12(19(20)21)11-13(14)15/h5-8,11H,3-4,9-10H2,1-2H3,(H,16,17)/p+2. The summed E-state index contributed by atoms with van der Waals surface area (Å²) < 4.78 is 0.